The number of halogens is 1. The van der Waals surface area contributed by atoms with E-state index < -0.39 is 16.6 Å². The fourth-order valence-corrected chi connectivity index (χ4v) is 3.72. The van der Waals surface area contributed by atoms with Crippen LogP contribution in [0.3, 0.4) is 0 Å². The summed E-state index contributed by atoms with van der Waals surface area (Å²) in [6.07, 6.45) is 9.78. The maximum Gasteiger partial charge on any atom is 0.192 e. The van der Waals surface area contributed by atoms with Gasteiger partial charge in [-0.3, -0.25) is 0 Å². The summed E-state index contributed by atoms with van der Waals surface area (Å²) in [6.45, 7) is 26.7. The molecule has 35 heavy (non-hydrogen) atoms. The molecule has 0 fully saturated rings. The van der Waals surface area contributed by atoms with E-state index in [4.69, 9.17) is 41.0 Å². The molecular formula is C26H53BrO6Si2. The third-order valence-electron chi connectivity index (χ3n) is 5.86. The number of terminal acetylenes is 2. The highest BCUT2D eigenvalue weighted by Gasteiger charge is 2.37. The van der Waals surface area contributed by atoms with Gasteiger partial charge in [-0.2, -0.15) is 0 Å². The largest absolute Gasteiger partial charge is 0.414 e. The summed E-state index contributed by atoms with van der Waals surface area (Å²) >= 11 is 3.01. The van der Waals surface area contributed by atoms with Crippen LogP contribution in [0.2, 0.25) is 36.3 Å². The zero-order valence-electron chi connectivity index (χ0n) is 24.1. The Hall–Kier alpha value is -0.206. The first-order chi connectivity index (χ1) is 16.0. The van der Waals surface area contributed by atoms with Gasteiger partial charge in [-0.05, 0) is 36.3 Å². The van der Waals surface area contributed by atoms with Crippen LogP contribution in [0.25, 0.3) is 0 Å². The van der Waals surface area contributed by atoms with Gasteiger partial charge in [0.25, 0.3) is 0 Å². The summed E-state index contributed by atoms with van der Waals surface area (Å²) in [7, 11) is -3.23. The van der Waals surface area contributed by atoms with Gasteiger partial charge >= 0.3 is 0 Å². The summed E-state index contributed by atoms with van der Waals surface area (Å²) in [5.74, 6) is 4.76. The van der Waals surface area contributed by atoms with Crippen LogP contribution in [0.4, 0.5) is 0 Å². The second-order valence-electron chi connectivity index (χ2n) is 10.8. The van der Waals surface area contributed by atoms with Crippen LogP contribution in [0.5, 0.6) is 0 Å². The molecule has 0 radical (unpaired) electrons. The van der Waals surface area contributed by atoms with Crippen molar-refractivity contribution in [3.8, 4) is 24.7 Å². The van der Waals surface area contributed by atoms with Gasteiger partial charge in [0.05, 0.1) is 58.2 Å². The molecule has 0 bridgehead atoms. The Kier molecular flexibility index (Phi) is 24.5. The molecule has 0 aliphatic rings. The van der Waals surface area contributed by atoms with E-state index in [1.165, 1.54) is 0 Å². The number of hydrogen-bond donors (Lipinski definition) is 1. The number of rotatable bonds is 14. The van der Waals surface area contributed by atoms with Gasteiger partial charge in [-0.25, -0.2) is 0 Å². The second-order valence-corrected chi connectivity index (χ2v) is 20.9. The summed E-state index contributed by atoms with van der Waals surface area (Å²) < 4.78 is 27.5. The highest BCUT2D eigenvalue weighted by Crippen LogP contribution is 2.37. The van der Waals surface area contributed by atoms with Crippen molar-refractivity contribution in [2.75, 3.05) is 64.8 Å². The molecule has 0 saturated carbocycles. The predicted molar refractivity (Wildman–Crippen MR) is 157 cm³/mol. The molecule has 0 rings (SSSR count). The maximum atomic E-state index is 8.50. The second kappa shape index (κ2) is 21.8. The Morgan fingerprint density at radius 3 is 1.31 bits per heavy atom. The first kappa shape index (κ1) is 39.3. The molecule has 0 aromatic carbocycles. The van der Waals surface area contributed by atoms with Crippen LogP contribution in [0.15, 0.2) is 0 Å². The normalized spacial score (nSPS) is 11.9. The van der Waals surface area contributed by atoms with Crippen molar-refractivity contribution in [1.82, 2.24) is 0 Å². The Balaban J connectivity index is -0.000000514. The van der Waals surface area contributed by atoms with Crippen molar-refractivity contribution in [2.24, 2.45) is 0 Å². The van der Waals surface area contributed by atoms with E-state index in [1.807, 2.05) is 0 Å². The van der Waals surface area contributed by atoms with Crippen molar-refractivity contribution < 1.29 is 28.2 Å². The van der Waals surface area contributed by atoms with Crippen molar-refractivity contribution in [3.05, 3.63) is 0 Å². The van der Waals surface area contributed by atoms with Crippen LogP contribution < -0.4 is 0 Å². The molecule has 0 saturated heterocycles. The molecule has 0 heterocycles. The molecule has 0 atom stereocenters. The minimum atomic E-state index is -1.62. The van der Waals surface area contributed by atoms with E-state index in [0.29, 0.717) is 58.2 Å². The molecule has 0 aliphatic carbocycles. The van der Waals surface area contributed by atoms with E-state index in [0.717, 1.165) is 0 Å². The smallest absolute Gasteiger partial charge is 0.192 e. The lowest BCUT2D eigenvalue weighted by molar-refractivity contribution is 0.0442. The molecule has 208 valence electrons. The lowest BCUT2D eigenvalue weighted by Gasteiger charge is -2.36. The van der Waals surface area contributed by atoms with Crippen LogP contribution in [-0.4, -0.2) is 86.5 Å². The molecule has 0 amide bonds. The Morgan fingerprint density at radius 2 is 1.00 bits per heavy atom. The molecule has 0 spiro atoms. The molecular weight excluding hydrogens is 544 g/mol. The Bertz CT molecular complexity index is 572. The zero-order chi connectivity index (χ0) is 28.0. The lowest BCUT2D eigenvalue weighted by Crippen LogP contribution is -2.41. The summed E-state index contributed by atoms with van der Waals surface area (Å²) in [4.78, 5) is 0. The summed E-state index contributed by atoms with van der Waals surface area (Å²) in [5.41, 5.74) is 0. The van der Waals surface area contributed by atoms with E-state index in [2.05, 4.69) is 95.5 Å². The van der Waals surface area contributed by atoms with Gasteiger partial charge < -0.3 is 28.2 Å². The van der Waals surface area contributed by atoms with Gasteiger partial charge in [0, 0.05) is 0 Å². The standard InChI is InChI=1S/C13H26O3Si.C10H24O3Si.C3H3Br/c1-7-8-14-9-10-15-11-12-16-17(5,6)13(2,3)4;1-10(2,3)14(4,5)13-9-8-12-7-6-11;1-2-3-4/h1H,8-12H2,2-6H3;11H,6-9H2,1-5H3;1H,3H2. The fraction of sp³-hybridized carbons (Fsp3) is 0.846. The Labute approximate surface area is 227 Å². The summed E-state index contributed by atoms with van der Waals surface area (Å²) in [5, 5.41) is 9.66. The molecule has 0 unspecified atom stereocenters. The van der Waals surface area contributed by atoms with Gasteiger partial charge in [0.2, 0.25) is 0 Å². The molecule has 0 aliphatic heterocycles. The van der Waals surface area contributed by atoms with Crippen LogP contribution >= 0.6 is 15.9 Å². The highest BCUT2D eigenvalue weighted by molar-refractivity contribution is 9.09. The van der Waals surface area contributed by atoms with Crippen LogP contribution in [-0.2, 0) is 23.1 Å². The van der Waals surface area contributed by atoms with E-state index >= 15 is 0 Å². The average Bonchev–Trinajstić information content (AvgIpc) is 2.74. The molecule has 6 nitrogen and oxygen atoms in total. The van der Waals surface area contributed by atoms with Crippen molar-refractivity contribution >= 4 is 32.6 Å². The number of hydrogen-bond acceptors (Lipinski definition) is 6. The first-order valence-corrected chi connectivity index (χ1v) is 19.0. The number of ether oxygens (including phenoxy) is 3. The van der Waals surface area contributed by atoms with Crippen LogP contribution in [0, 0.1) is 24.7 Å². The molecule has 0 aromatic heterocycles. The minimum absolute atomic E-state index is 0.0834. The number of aliphatic hydroxyl groups excluding tert-OH is 1. The maximum absolute atomic E-state index is 8.50. The third kappa shape index (κ3) is 23.9. The average molecular weight is 598 g/mol. The van der Waals surface area contributed by atoms with Gasteiger partial charge in [0.1, 0.15) is 6.61 Å². The third-order valence-corrected chi connectivity index (χ3v) is 15.3. The van der Waals surface area contributed by atoms with Crippen molar-refractivity contribution in [1.29, 1.82) is 0 Å². The highest BCUT2D eigenvalue weighted by atomic mass is 79.9. The SMILES string of the molecule is C#CCBr.C#CCOCCOCCO[Si](C)(C)C(C)(C)C.CC(C)(C)[Si](C)(C)OCCOCCO. The number of alkyl halides is 1. The summed E-state index contributed by atoms with van der Waals surface area (Å²) in [6, 6.07) is 0. The van der Waals surface area contributed by atoms with Gasteiger partial charge in [0.15, 0.2) is 16.6 Å². The topological polar surface area (TPSA) is 66.4 Å². The zero-order valence-corrected chi connectivity index (χ0v) is 27.7. The monoisotopic (exact) mass is 596 g/mol. The minimum Gasteiger partial charge on any atom is -0.414 e. The molecule has 1 N–H and O–H groups in total. The van der Waals surface area contributed by atoms with Gasteiger partial charge in [-0.15, -0.1) is 12.8 Å². The fourth-order valence-electron chi connectivity index (χ4n) is 1.66. The first-order valence-electron chi connectivity index (χ1n) is 12.1. The molecule has 9 heteroatoms. The lowest BCUT2D eigenvalue weighted by atomic mass is 10.2. The van der Waals surface area contributed by atoms with E-state index in [9.17, 15) is 0 Å². The number of aliphatic hydroxyl groups is 1. The van der Waals surface area contributed by atoms with E-state index in [-0.39, 0.29) is 16.7 Å². The van der Waals surface area contributed by atoms with Crippen LogP contribution in [0.1, 0.15) is 41.5 Å². The van der Waals surface area contributed by atoms with Crippen molar-refractivity contribution in [2.45, 2.75) is 77.8 Å². The van der Waals surface area contributed by atoms with Gasteiger partial charge in [-0.1, -0.05) is 69.3 Å². The van der Waals surface area contributed by atoms with E-state index in [1.54, 1.807) is 0 Å². The predicted octanol–water partition coefficient (Wildman–Crippen LogP) is 5.71. The van der Waals surface area contributed by atoms with Crippen molar-refractivity contribution in [3.63, 3.8) is 0 Å². The quantitative estimate of drug-likeness (QED) is 0.120. The Morgan fingerprint density at radius 1 is 0.657 bits per heavy atom. The molecule has 0 aromatic rings.